The molecule has 1 aliphatic heterocycles. The highest BCUT2D eigenvalue weighted by atomic mass is 32.2. The van der Waals surface area contributed by atoms with E-state index in [1.165, 1.54) is 16.9 Å². The Hall–Kier alpha value is -2.07. The average molecular weight is 405 g/mol. The molecule has 1 aromatic carbocycles. The van der Waals surface area contributed by atoms with Gasteiger partial charge in [0.05, 0.1) is 6.04 Å². The van der Waals surface area contributed by atoms with E-state index in [9.17, 15) is 8.42 Å². The maximum Gasteiger partial charge on any atom is 0.250 e. The molecule has 4 rings (SSSR count). The molecule has 0 amide bonds. The van der Waals surface area contributed by atoms with Gasteiger partial charge in [0, 0.05) is 18.2 Å². The van der Waals surface area contributed by atoms with Crippen molar-refractivity contribution in [1.82, 2.24) is 19.8 Å². The number of likely N-dealkylation sites (tertiary alicyclic amines) is 1. The zero-order valence-corrected chi connectivity index (χ0v) is 16.6. The molecule has 0 saturated carbocycles. The van der Waals surface area contributed by atoms with E-state index in [-0.39, 0.29) is 12.1 Å². The van der Waals surface area contributed by atoms with E-state index in [1.807, 2.05) is 43.1 Å². The molecule has 2 aromatic heterocycles. The third kappa shape index (κ3) is 3.81. The van der Waals surface area contributed by atoms with Gasteiger partial charge in [0.15, 0.2) is 0 Å². The van der Waals surface area contributed by atoms with Crippen LogP contribution in [0.4, 0.5) is 0 Å². The quantitative estimate of drug-likeness (QED) is 0.703. The molecule has 2 unspecified atom stereocenters. The summed E-state index contributed by atoms with van der Waals surface area (Å²) < 4.78 is 33.5. The molecule has 3 heterocycles. The van der Waals surface area contributed by atoms with Crippen molar-refractivity contribution in [3.8, 4) is 11.4 Å². The fourth-order valence-corrected chi connectivity index (χ4v) is 5.51. The van der Waals surface area contributed by atoms with Crippen LogP contribution in [0.25, 0.3) is 11.4 Å². The van der Waals surface area contributed by atoms with Crippen LogP contribution in [-0.4, -0.2) is 43.1 Å². The highest BCUT2D eigenvalue weighted by Crippen LogP contribution is 2.32. The smallest absolute Gasteiger partial charge is 0.250 e. The van der Waals surface area contributed by atoms with E-state index in [2.05, 4.69) is 14.9 Å². The predicted molar refractivity (Wildman–Crippen MR) is 103 cm³/mol. The predicted octanol–water partition coefficient (Wildman–Crippen LogP) is 2.83. The summed E-state index contributed by atoms with van der Waals surface area (Å²) in [6.45, 7) is 2.60. The lowest BCUT2D eigenvalue weighted by molar-refractivity contribution is 0.244. The molecule has 3 aromatic rings. The Kier molecular flexibility index (Phi) is 4.85. The second-order valence-electron chi connectivity index (χ2n) is 6.76. The van der Waals surface area contributed by atoms with Crippen molar-refractivity contribution in [1.29, 1.82) is 0 Å². The summed E-state index contributed by atoms with van der Waals surface area (Å²) in [5.74, 6) is 1.05. The van der Waals surface area contributed by atoms with Gasteiger partial charge in [0.1, 0.15) is 4.21 Å². The van der Waals surface area contributed by atoms with E-state index in [4.69, 9.17) is 4.52 Å². The zero-order valence-electron chi connectivity index (χ0n) is 15.0. The van der Waals surface area contributed by atoms with Crippen LogP contribution >= 0.6 is 11.3 Å². The van der Waals surface area contributed by atoms with Gasteiger partial charge in [-0.3, -0.25) is 4.90 Å². The third-order valence-electron chi connectivity index (χ3n) is 4.67. The van der Waals surface area contributed by atoms with Crippen LogP contribution in [0, 0.1) is 6.92 Å². The van der Waals surface area contributed by atoms with Gasteiger partial charge in [0.25, 0.3) is 0 Å². The maximum absolute atomic E-state index is 12.4. The molecule has 142 valence electrons. The number of nitrogens with zero attached hydrogens (tertiary/aromatic N) is 3. The molecule has 1 N–H and O–H groups in total. The van der Waals surface area contributed by atoms with Crippen LogP contribution in [0.5, 0.6) is 0 Å². The number of benzene rings is 1. The Balaban J connectivity index is 1.48. The molecule has 0 bridgehead atoms. The monoisotopic (exact) mass is 404 g/mol. The second kappa shape index (κ2) is 7.16. The lowest BCUT2D eigenvalue weighted by atomic mass is 10.1. The van der Waals surface area contributed by atoms with E-state index >= 15 is 0 Å². The summed E-state index contributed by atoms with van der Waals surface area (Å²) >= 11 is 1.21. The van der Waals surface area contributed by atoms with Crippen molar-refractivity contribution in [3.63, 3.8) is 0 Å². The minimum Gasteiger partial charge on any atom is -0.337 e. The van der Waals surface area contributed by atoms with Crippen LogP contribution in [0.1, 0.15) is 23.9 Å². The summed E-state index contributed by atoms with van der Waals surface area (Å²) in [6, 6.07) is 10.9. The Morgan fingerprint density at radius 2 is 2.04 bits per heavy atom. The summed E-state index contributed by atoms with van der Waals surface area (Å²) in [5, 5.41) is 5.84. The molecule has 2 atom stereocenters. The standard InChI is InChI=1S/C18H20N4O3S2/c1-12-5-7-13(8-6-12)17-19-18(25-20-17)15-10-14(11-22(15)2)21-27(23,24)16-4-3-9-26-16/h3-9,14-15,21H,10-11H2,1-2H3. The van der Waals surface area contributed by atoms with Crippen molar-refractivity contribution < 1.29 is 12.9 Å². The van der Waals surface area contributed by atoms with Crippen LogP contribution in [0.3, 0.4) is 0 Å². The van der Waals surface area contributed by atoms with Gasteiger partial charge in [-0.05, 0) is 31.8 Å². The molecule has 1 saturated heterocycles. The summed E-state index contributed by atoms with van der Waals surface area (Å²) in [5.41, 5.74) is 2.06. The van der Waals surface area contributed by atoms with E-state index < -0.39 is 10.0 Å². The number of aromatic nitrogens is 2. The third-order valence-corrected chi connectivity index (χ3v) is 7.58. The van der Waals surface area contributed by atoms with E-state index in [0.29, 0.717) is 28.9 Å². The summed E-state index contributed by atoms with van der Waals surface area (Å²) in [6.07, 6.45) is 0.580. The highest BCUT2D eigenvalue weighted by molar-refractivity contribution is 7.91. The molecule has 9 heteroatoms. The van der Waals surface area contributed by atoms with Gasteiger partial charge in [-0.25, -0.2) is 13.1 Å². The normalized spacial score (nSPS) is 21.0. The first kappa shape index (κ1) is 18.3. The minimum absolute atomic E-state index is 0.118. The van der Waals surface area contributed by atoms with Crippen LogP contribution < -0.4 is 4.72 Å². The van der Waals surface area contributed by atoms with Gasteiger partial charge in [-0.15, -0.1) is 11.3 Å². The summed E-state index contributed by atoms with van der Waals surface area (Å²) in [4.78, 5) is 6.56. The SMILES string of the molecule is Cc1ccc(-c2noc(C3CC(NS(=O)(=O)c4cccs4)CN3C)n2)cc1. The first-order chi connectivity index (χ1) is 12.9. The number of hydrogen-bond donors (Lipinski definition) is 1. The lowest BCUT2D eigenvalue weighted by Gasteiger charge is -2.14. The zero-order chi connectivity index (χ0) is 19.0. The average Bonchev–Trinajstić information content (AvgIpc) is 3.35. The van der Waals surface area contributed by atoms with Gasteiger partial charge in [-0.1, -0.05) is 41.1 Å². The molecule has 27 heavy (non-hydrogen) atoms. The molecule has 1 aliphatic rings. The number of aryl methyl sites for hydroxylation is 1. The van der Waals surface area contributed by atoms with E-state index in [0.717, 1.165) is 5.56 Å². The van der Waals surface area contributed by atoms with Gasteiger partial charge < -0.3 is 4.52 Å². The lowest BCUT2D eigenvalue weighted by Crippen LogP contribution is -2.36. The maximum atomic E-state index is 12.4. The number of likely N-dealkylation sites (N-methyl/N-ethyl adjacent to an activating group) is 1. The Morgan fingerprint density at radius 1 is 1.26 bits per heavy atom. The first-order valence-electron chi connectivity index (χ1n) is 8.59. The minimum atomic E-state index is -3.50. The molecular formula is C18H20N4O3S2. The van der Waals surface area contributed by atoms with Gasteiger partial charge >= 0.3 is 0 Å². The molecule has 0 aliphatic carbocycles. The first-order valence-corrected chi connectivity index (χ1v) is 11.0. The highest BCUT2D eigenvalue weighted by Gasteiger charge is 2.36. The molecule has 7 nitrogen and oxygen atoms in total. The molecule has 0 radical (unpaired) electrons. The molecule has 1 fully saturated rings. The topological polar surface area (TPSA) is 88.3 Å². The number of hydrogen-bond acceptors (Lipinski definition) is 7. The van der Waals surface area contributed by atoms with Gasteiger partial charge in [-0.2, -0.15) is 4.98 Å². The Bertz CT molecular complexity index is 1010. The van der Waals surface area contributed by atoms with Crippen molar-refractivity contribution in [2.75, 3.05) is 13.6 Å². The van der Waals surface area contributed by atoms with E-state index in [1.54, 1.807) is 17.5 Å². The van der Waals surface area contributed by atoms with Gasteiger partial charge in [0.2, 0.25) is 21.7 Å². The molecular weight excluding hydrogens is 384 g/mol. The van der Waals surface area contributed by atoms with Crippen LogP contribution in [0.15, 0.2) is 50.5 Å². The van der Waals surface area contributed by atoms with Crippen molar-refractivity contribution in [3.05, 3.63) is 53.2 Å². The fourth-order valence-electron chi connectivity index (χ4n) is 3.26. The number of sulfonamides is 1. The number of thiophene rings is 1. The second-order valence-corrected chi connectivity index (χ2v) is 9.65. The Labute approximate surface area is 162 Å². The fraction of sp³-hybridized carbons (Fsp3) is 0.333. The van der Waals surface area contributed by atoms with Crippen LogP contribution in [0.2, 0.25) is 0 Å². The number of rotatable bonds is 5. The molecule has 0 spiro atoms. The van der Waals surface area contributed by atoms with Crippen molar-refractivity contribution >= 4 is 21.4 Å². The Morgan fingerprint density at radius 3 is 2.74 bits per heavy atom. The van der Waals surface area contributed by atoms with Crippen LogP contribution in [-0.2, 0) is 10.0 Å². The van der Waals surface area contributed by atoms with Crippen molar-refractivity contribution in [2.24, 2.45) is 0 Å². The van der Waals surface area contributed by atoms with Crippen molar-refractivity contribution in [2.45, 2.75) is 29.6 Å². The largest absolute Gasteiger partial charge is 0.337 e. The number of nitrogens with one attached hydrogen (secondary N) is 1. The summed E-state index contributed by atoms with van der Waals surface area (Å²) in [7, 11) is -1.57.